The van der Waals surface area contributed by atoms with Gasteiger partial charge in [0.1, 0.15) is 5.82 Å². The van der Waals surface area contributed by atoms with E-state index in [1.165, 1.54) is 0 Å². The molecule has 2 rings (SSSR count). The van der Waals surface area contributed by atoms with E-state index in [1.807, 2.05) is 0 Å². The molecule has 2 nitrogen and oxygen atoms in total. The lowest BCUT2D eigenvalue weighted by Crippen LogP contribution is -2.18. The largest absolute Gasteiger partial charge is 0.324 e. The van der Waals surface area contributed by atoms with Gasteiger partial charge in [-0.1, -0.05) is 23.2 Å². The second-order valence-corrected chi connectivity index (χ2v) is 5.76. The third-order valence-corrected chi connectivity index (χ3v) is 4.37. The third kappa shape index (κ3) is 3.11. The normalized spacial score (nSPS) is 16.4. The number of nitrogens with one attached hydrogen (secondary N) is 1. The van der Waals surface area contributed by atoms with Crippen molar-refractivity contribution in [1.82, 2.24) is 0 Å². The van der Waals surface area contributed by atoms with Crippen LogP contribution in [-0.2, 0) is 4.79 Å². The Bertz CT molecular complexity index is 468. The van der Waals surface area contributed by atoms with Crippen LogP contribution in [0.25, 0.3) is 0 Å². The first kappa shape index (κ1) is 14.0. The number of hydrogen-bond donors (Lipinski definition) is 2. The Balaban J connectivity index is 2.07. The minimum atomic E-state index is -0.531. The number of halogens is 3. The first-order valence-electron chi connectivity index (χ1n) is 5.51. The van der Waals surface area contributed by atoms with E-state index in [4.69, 9.17) is 23.2 Å². The van der Waals surface area contributed by atoms with Crippen LogP contribution in [0.4, 0.5) is 10.1 Å². The van der Waals surface area contributed by atoms with Gasteiger partial charge < -0.3 is 5.32 Å². The second-order valence-electron chi connectivity index (χ2n) is 4.63. The number of thiol groups is 1. The van der Waals surface area contributed by atoms with Crippen molar-refractivity contribution < 1.29 is 9.18 Å². The molecule has 1 aromatic rings. The van der Waals surface area contributed by atoms with Gasteiger partial charge in [-0.3, -0.25) is 4.79 Å². The molecule has 1 fully saturated rings. The summed E-state index contributed by atoms with van der Waals surface area (Å²) in [4.78, 5) is 11.9. The molecule has 0 aromatic heterocycles. The van der Waals surface area contributed by atoms with E-state index in [0.29, 0.717) is 12.2 Å². The molecule has 1 aromatic carbocycles. The molecule has 0 spiro atoms. The Kier molecular flexibility index (Phi) is 4.09. The lowest BCUT2D eigenvalue weighted by Gasteiger charge is -2.13. The Hall–Kier alpha value is -0.450. The summed E-state index contributed by atoms with van der Waals surface area (Å²) in [5, 5.41) is 2.83. The molecule has 1 aliphatic carbocycles. The molecular formula is C12H12Cl2FNOS. The number of amides is 1. The summed E-state index contributed by atoms with van der Waals surface area (Å²) < 4.78 is 13.0. The van der Waals surface area contributed by atoms with Crippen LogP contribution >= 0.6 is 35.8 Å². The van der Waals surface area contributed by atoms with Gasteiger partial charge in [0.2, 0.25) is 5.91 Å². The quantitative estimate of drug-likeness (QED) is 0.803. The third-order valence-electron chi connectivity index (χ3n) is 3.10. The van der Waals surface area contributed by atoms with Crippen LogP contribution in [0.3, 0.4) is 0 Å². The number of benzene rings is 1. The topological polar surface area (TPSA) is 29.1 Å². The lowest BCUT2D eigenvalue weighted by atomic mass is 10.1. The summed E-state index contributed by atoms with van der Waals surface area (Å²) in [5.74, 6) is -0.0142. The van der Waals surface area contributed by atoms with Gasteiger partial charge in [-0.05, 0) is 36.1 Å². The highest BCUT2D eigenvalue weighted by molar-refractivity contribution is 7.80. The smallest absolute Gasteiger partial charge is 0.225 e. The maximum Gasteiger partial charge on any atom is 0.225 e. The van der Waals surface area contributed by atoms with Gasteiger partial charge in [0.05, 0.1) is 15.7 Å². The minimum Gasteiger partial charge on any atom is -0.324 e. The van der Waals surface area contributed by atoms with Crippen molar-refractivity contribution in [2.45, 2.75) is 19.3 Å². The summed E-state index contributed by atoms with van der Waals surface area (Å²) in [6.45, 7) is 0. The number of carbonyl (C=O) groups excluding carboxylic acids is 1. The average Bonchev–Trinajstić information content (AvgIpc) is 3.04. The van der Waals surface area contributed by atoms with Crippen molar-refractivity contribution in [2.24, 2.45) is 5.41 Å². The number of rotatable bonds is 4. The van der Waals surface area contributed by atoms with Crippen molar-refractivity contribution in [3.63, 3.8) is 0 Å². The van der Waals surface area contributed by atoms with E-state index >= 15 is 0 Å². The molecule has 0 atom stereocenters. The first-order chi connectivity index (χ1) is 8.46. The highest BCUT2D eigenvalue weighted by atomic mass is 35.5. The van der Waals surface area contributed by atoms with E-state index < -0.39 is 5.82 Å². The van der Waals surface area contributed by atoms with E-state index in [2.05, 4.69) is 17.9 Å². The van der Waals surface area contributed by atoms with Crippen molar-refractivity contribution in [3.05, 3.63) is 28.0 Å². The second kappa shape index (κ2) is 5.27. The summed E-state index contributed by atoms with van der Waals surface area (Å²) in [6.07, 6.45) is 2.41. The van der Waals surface area contributed by atoms with Crippen molar-refractivity contribution in [3.8, 4) is 0 Å². The lowest BCUT2D eigenvalue weighted by molar-refractivity contribution is -0.117. The molecule has 1 N–H and O–H groups in total. The minimum absolute atomic E-state index is 0.0200. The van der Waals surface area contributed by atoms with Gasteiger partial charge in [-0.2, -0.15) is 12.6 Å². The molecule has 1 amide bonds. The molecule has 0 radical (unpaired) electrons. The first-order valence-corrected chi connectivity index (χ1v) is 6.90. The Labute approximate surface area is 120 Å². The summed E-state index contributed by atoms with van der Waals surface area (Å²) >= 11 is 15.9. The molecule has 0 saturated heterocycles. The summed E-state index contributed by atoms with van der Waals surface area (Å²) in [5.41, 5.74) is 0.284. The zero-order valence-electron chi connectivity index (χ0n) is 9.47. The van der Waals surface area contributed by atoms with Gasteiger partial charge in [-0.25, -0.2) is 4.39 Å². The fourth-order valence-corrected chi connectivity index (χ4v) is 2.74. The summed E-state index contributed by atoms with van der Waals surface area (Å²) in [7, 11) is 0. The van der Waals surface area contributed by atoms with Crippen LogP contribution in [0.15, 0.2) is 12.1 Å². The van der Waals surface area contributed by atoms with Crippen LogP contribution in [0.5, 0.6) is 0 Å². The van der Waals surface area contributed by atoms with Gasteiger partial charge >= 0.3 is 0 Å². The Morgan fingerprint density at radius 2 is 1.94 bits per heavy atom. The van der Waals surface area contributed by atoms with Crippen molar-refractivity contribution >= 4 is 47.4 Å². The SMILES string of the molecule is O=C(CC1(CS)CC1)Nc1c(Cl)cc(F)cc1Cl. The average molecular weight is 308 g/mol. The van der Waals surface area contributed by atoms with Gasteiger partial charge in [0.15, 0.2) is 0 Å². The van der Waals surface area contributed by atoms with Gasteiger partial charge in [0, 0.05) is 6.42 Å². The van der Waals surface area contributed by atoms with Gasteiger partial charge in [-0.15, -0.1) is 0 Å². The Morgan fingerprint density at radius 3 is 2.39 bits per heavy atom. The fraction of sp³-hybridized carbons (Fsp3) is 0.417. The molecule has 0 unspecified atom stereocenters. The summed E-state index contributed by atoms with van der Waals surface area (Å²) in [6, 6.07) is 2.24. The highest BCUT2D eigenvalue weighted by Crippen LogP contribution is 2.49. The van der Waals surface area contributed by atoms with Crippen LogP contribution in [0.2, 0.25) is 10.0 Å². The van der Waals surface area contributed by atoms with E-state index in [1.54, 1.807) is 0 Å². The zero-order valence-corrected chi connectivity index (χ0v) is 11.9. The maximum atomic E-state index is 13.0. The number of hydrogen-bond acceptors (Lipinski definition) is 2. The number of carbonyl (C=O) groups is 1. The molecular weight excluding hydrogens is 296 g/mol. The molecule has 6 heteroatoms. The molecule has 0 heterocycles. The van der Waals surface area contributed by atoms with Crippen LogP contribution in [-0.4, -0.2) is 11.7 Å². The molecule has 0 bridgehead atoms. The van der Waals surface area contributed by atoms with Crippen LogP contribution in [0.1, 0.15) is 19.3 Å². The van der Waals surface area contributed by atoms with Crippen molar-refractivity contribution in [2.75, 3.05) is 11.1 Å². The predicted molar refractivity (Wildman–Crippen MR) is 75.2 cm³/mol. The van der Waals surface area contributed by atoms with Crippen LogP contribution in [0, 0.1) is 11.2 Å². The van der Waals surface area contributed by atoms with Gasteiger partial charge in [0.25, 0.3) is 0 Å². The fourth-order valence-electron chi connectivity index (χ4n) is 1.75. The highest BCUT2D eigenvalue weighted by Gasteiger charge is 2.42. The van der Waals surface area contributed by atoms with E-state index in [0.717, 1.165) is 25.0 Å². The molecule has 1 saturated carbocycles. The van der Waals surface area contributed by atoms with E-state index in [-0.39, 0.29) is 27.1 Å². The molecule has 18 heavy (non-hydrogen) atoms. The zero-order chi connectivity index (χ0) is 13.3. The molecule has 0 aliphatic heterocycles. The maximum absolute atomic E-state index is 13.0. The van der Waals surface area contributed by atoms with E-state index in [9.17, 15) is 9.18 Å². The molecule has 1 aliphatic rings. The predicted octanol–water partition coefficient (Wildman–Crippen LogP) is 4.17. The van der Waals surface area contributed by atoms with Crippen molar-refractivity contribution in [1.29, 1.82) is 0 Å². The monoisotopic (exact) mass is 307 g/mol. The number of anilines is 1. The van der Waals surface area contributed by atoms with Crippen LogP contribution < -0.4 is 5.32 Å². The standard InChI is InChI=1S/C12H12Cl2FNOS/c13-8-3-7(15)4-9(14)11(8)16-10(17)5-12(6-18)1-2-12/h3-4,18H,1-2,5-6H2,(H,16,17). The molecule has 98 valence electrons. The Morgan fingerprint density at radius 1 is 1.39 bits per heavy atom.